The summed E-state index contributed by atoms with van der Waals surface area (Å²) in [6.07, 6.45) is 0.785. The highest BCUT2D eigenvalue weighted by Crippen LogP contribution is 2.15. The van der Waals surface area contributed by atoms with Gasteiger partial charge in [-0.05, 0) is 45.0 Å². The number of hydrogen-bond donors (Lipinski definition) is 2. The Labute approximate surface area is 160 Å². The van der Waals surface area contributed by atoms with E-state index in [0.717, 1.165) is 17.2 Å². The van der Waals surface area contributed by atoms with E-state index in [0.29, 0.717) is 25.2 Å². The maximum atomic E-state index is 12.2. The molecule has 0 unspecified atom stereocenters. The lowest BCUT2D eigenvalue weighted by Gasteiger charge is -2.24. The van der Waals surface area contributed by atoms with Gasteiger partial charge in [-0.15, -0.1) is 0 Å². The third kappa shape index (κ3) is 6.86. The first-order valence-corrected chi connectivity index (χ1v) is 9.02. The predicted octanol–water partition coefficient (Wildman–Crippen LogP) is 3.04. The number of anilines is 2. The first-order valence-electron chi connectivity index (χ1n) is 9.02. The number of carbonyl (C=O) groups excluding carboxylic acids is 1. The van der Waals surface area contributed by atoms with E-state index in [9.17, 15) is 4.79 Å². The van der Waals surface area contributed by atoms with Gasteiger partial charge in [0.15, 0.2) is 0 Å². The zero-order valence-electron chi connectivity index (χ0n) is 16.4. The van der Waals surface area contributed by atoms with E-state index in [1.807, 2.05) is 51.1 Å². The molecular formula is C20H28N4O3. The topological polar surface area (TPSA) is 87.6 Å². The minimum Gasteiger partial charge on any atom is -0.443 e. The average molecular weight is 372 g/mol. The van der Waals surface area contributed by atoms with Crippen molar-refractivity contribution in [3.8, 4) is 0 Å². The van der Waals surface area contributed by atoms with E-state index in [1.54, 1.807) is 13.1 Å². The molecule has 27 heavy (non-hydrogen) atoms. The molecule has 2 heterocycles. The van der Waals surface area contributed by atoms with E-state index in [2.05, 4.69) is 15.3 Å². The van der Waals surface area contributed by atoms with Gasteiger partial charge in [-0.2, -0.15) is 0 Å². The van der Waals surface area contributed by atoms with Gasteiger partial charge in [0.1, 0.15) is 17.2 Å². The van der Waals surface area contributed by atoms with Crippen LogP contribution in [0.25, 0.3) is 0 Å². The molecule has 0 aliphatic carbocycles. The normalized spacial score (nSPS) is 11.1. The Hall–Kier alpha value is -2.67. The minimum atomic E-state index is -0.551. The largest absolute Gasteiger partial charge is 0.443 e. The molecule has 146 valence electrons. The highest BCUT2D eigenvalue weighted by molar-refractivity contribution is 5.85. The lowest BCUT2D eigenvalue weighted by molar-refractivity contribution is 0.0588. The fourth-order valence-corrected chi connectivity index (χ4v) is 2.37. The summed E-state index contributed by atoms with van der Waals surface area (Å²) >= 11 is 0. The Balaban J connectivity index is 1.93. The second-order valence-electron chi connectivity index (χ2n) is 7.19. The molecule has 0 aliphatic rings. The van der Waals surface area contributed by atoms with Crippen LogP contribution < -0.4 is 10.2 Å². The van der Waals surface area contributed by atoms with Crippen molar-refractivity contribution in [1.29, 1.82) is 0 Å². The first-order chi connectivity index (χ1) is 12.8. The summed E-state index contributed by atoms with van der Waals surface area (Å²) in [6.45, 7) is 6.23. The summed E-state index contributed by atoms with van der Waals surface area (Å²) in [5.41, 5.74) is 1.16. The van der Waals surface area contributed by atoms with Crippen LogP contribution in [-0.2, 0) is 17.6 Å². The maximum absolute atomic E-state index is 12.2. The van der Waals surface area contributed by atoms with E-state index < -0.39 is 11.7 Å². The summed E-state index contributed by atoms with van der Waals surface area (Å²) in [6, 6.07) is 11.3. The molecular weight excluding hydrogens is 344 g/mol. The highest BCUT2D eigenvalue weighted by atomic mass is 16.6. The summed E-state index contributed by atoms with van der Waals surface area (Å²) < 4.78 is 5.37. The summed E-state index contributed by atoms with van der Waals surface area (Å²) in [4.78, 5) is 22.6. The fourth-order valence-electron chi connectivity index (χ4n) is 2.37. The van der Waals surface area contributed by atoms with Gasteiger partial charge < -0.3 is 15.2 Å². The minimum absolute atomic E-state index is 0.0817. The van der Waals surface area contributed by atoms with Crippen molar-refractivity contribution in [2.24, 2.45) is 0 Å². The lowest BCUT2D eigenvalue weighted by Crippen LogP contribution is -2.34. The van der Waals surface area contributed by atoms with Gasteiger partial charge in [0.25, 0.3) is 0 Å². The Morgan fingerprint density at radius 2 is 1.78 bits per heavy atom. The second-order valence-corrected chi connectivity index (χ2v) is 7.19. The van der Waals surface area contributed by atoms with Crippen LogP contribution in [0.15, 0.2) is 36.4 Å². The summed E-state index contributed by atoms with van der Waals surface area (Å²) in [7, 11) is 1.65. The van der Waals surface area contributed by atoms with E-state index >= 15 is 0 Å². The lowest BCUT2D eigenvalue weighted by atomic mass is 10.2. The van der Waals surface area contributed by atoms with E-state index in [-0.39, 0.29) is 6.61 Å². The molecule has 2 aromatic heterocycles. The van der Waals surface area contributed by atoms with Gasteiger partial charge in [-0.25, -0.2) is 14.8 Å². The number of aliphatic hydroxyl groups excluding tert-OH is 1. The highest BCUT2D eigenvalue weighted by Gasteiger charge is 2.21. The van der Waals surface area contributed by atoms with E-state index in [1.165, 1.54) is 4.90 Å². The molecule has 2 aromatic rings. The molecule has 0 saturated heterocycles. The molecule has 0 fully saturated rings. The monoisotopic (exact) mass is 372 g/mol. The molecule has 0 atom stereocenters. The zero-order chi connectivity index (χ0) is 19.9. The van der Waals surface area contributed by atoms with Crippen LogP contribution in [0.5, 0.6) is 0 Å². The van der Waals surface area contributed by atoms with Crippen LogP contribution in [0.3, 0.4) is 0 Å². The number of amides is 1. The van der Waals surface area contributed by atoms with Crippen molar-refractivity contribution in [2.75, 3.05) is 30.4 Å². The van der Waals surface area contributed by atoms with Crippen LogP contribution in [0.1, 0.15) is 32.2 Å². The van der Waals surface area contributed by atoms with Crippen molar-refractivity contribution in [1.82, 2.24) is 9.97 Å². The van der Waals surface area contributed by atoms with Crippen molar-refractivity contribution in [2.45, 2.75) is 39.2 Å². The van der Waals surface area contributed by atoms with Crippen LogP contribution in [0.2, 0.25) is 0 Å². The van der Waals surface area contributed by atoms with Gasteiger partial charge in [0.05, 0.1) is 0 Å². The maximum Gasteiger partial charge on any atom is 0.415 e. The molecule has 2 rings (SSSR count). The molecule has 7 heteroatoms. The smallest absolute Gasteiger partial charge is 0.415 e. The standard InChI is InChI=1S/C20H28N4O3/c1-20(2,3)27-19(26)24(4)18-10-6-8-15(23-18)11-13-21-17-9-5-7-16(22-17)12-14-25/h5-10,25H,11-14H2,1-4H3,(H,21,22). The van der Waals surface area contributed by atoms with Gasteiger partial charge in [0.2, 0.25) is 0 Å². The molecule has 0 saturated carbocycles. The number of nitrogens with one attached hydrogen (secondary N) is 1. The van der Waals surface area contributed by atoms with Crippen molar-refractivity contribution >= 4 is 17.7 Å². The molecule has 0 radical (unpaired) electrons. The quantitative estimate of drug-likeness (QED) is 0.777. The molecule has 0 spiro atoms. The summed E-state index contributed by atoms with van der Waals surface area (Å²) in [5.74, 6) is 1.31. The van der Waals surface area contributed by atoms with Gasteiger partial charge >= 0.3 is 6.09 Å². The molecule has 7 nitrogen and oxygen atoms in total. The third-order valence-electron chi connectivity index (χ3n) is 3.67. The molecule has 0 bridgehead atoms. The SMILES string of the molecule is CN(C(=O)OC(C)(C)C)c1cccc(CCNc2cccc(CCO)n2)n1. The summed E-state index contributed by atoms with van der Waals surface area (Å²) in [5, 5.41) is 12.3. The van der Waals surface area contributed by atoms with E-state index in [4.69, 9.17) is 9.84 Å². The second kappa shape index (κ2) is 9.32. The number of carbonyl (C=O) groups is 1. The number of pyridine rings is 2. The first kappa shape index (κ1) is 20.6. The fraction of sp³-hybridized carbons (Fsp3) is 0.450. The molecule has 2 N–H and O–H groups in total. The van der Waals surface area contributed by atoms with Gasteiger partial charge in [0, 0.05) is 44.4 Å². The van der Waals surface area contributed by atoms with Crippen molar-refractivity contribution < 1.29 is 14.6 Å². The average Bonchev–Trinajstić information content (AvgIpc) is 2.60. The van der Waals surface area contributed by atoms with Crippen molar-refractivity contribution in [3.63, 3.8) is 0 Å². The number of aromatic nitrogens is 2. The van der Waals surface area contributed by atoms with Crippen LogP contribution in [0, 0.1) is 0 Å². The van der Waals surface area contributed by atoms with Crippen LogP contribution >= 0.6 is 0 Å². The predicted molar refractivity (Wildman–Crippen MR) is 106 cm³/mol. The van der Waals surface area contributed by atoms with Gasteiger partial charge in [-0.3, -0.25) is 4.90 Å². The zero-order valence-corrected chi connectivity index (χ0v) is 16.4. The Morgan fingerprint density at radius 3 is 2.44 bits per heavy atom. The van der Waals surface area contributed by atoms with Gasteiger partial charge in [-0.1, -0.05) is 12.1 Å². The number of ether oxygens (including phenoxy) is 1. The van der Waals surface area contributed by atoms with Crippen LogP contribution in [-0.4, -0.2) is 47.0 Å². The molecule has 0 aromatic carbocycles. The Bertz CT molecular complexity index is 759. The molecule has 0 aliphatic heterocycles. The number of nitrogens with zero attached hydrogens (tertiary/aromatic N) is 3. The number of hydrogen-bond acceptors (Lipinski definition) is 6. The Morgan fingerprint density at radius 1 is 1.11 bits per heavy atom. The number of aliphatic hydroxyl groups is 1. The Kier molecular flexibility index (Phi) is 7.12. The van der Waals surface area contributed by atoms with Crippen molar-refractivity contribution in [3.05, 3.63) is 47.8 Å². The number of rotatable bonds is 7. The molecule has 1 amide bonds. The third-order valence-corrected chi connectivity index (χ3v) is 3.67. The van der Waals surface area contributed by atoms with Crippen LogP contribution in [0.4, 0.5) is 16.4 Å².